The number of methoxy groups -OCH3 is 2. The van der Waals surface area contributed by atoms with Crippen molar-refractivity contribution in [3.8, 4) is 11.5 Å². The SMILES string of the molecule is COc1c2ccccc2c(OC)c2oc(C(=O)C3CCOCC3)cc12. The second-order valence-corrected chi connectivity index (χ2v) is 6.22. The summed E-state index contributed by atoms with van der Waals surface area (Å²) in [7, 11) is 3.23. The molecule has 1 saturated heterocycles. The summed E-state index contributed by atoms with van der Waals surface area (Å²) in [6, 6.07) is 9.60. The van der Waals surface area contributed by atoms with Gasteiger partial charge < -0.3 is 18.6 Å². The van der Waals surface area contributed by atoms with Crippen molar-refractivity contribution in [1.29, 1.82) is 0 Å². The minimum Gasteiger partial charge on any atom is -0.495 e. The molecular formula is C20H20O5. The van der Waals surface area contributed by atoms with Crippen molar-refractivity contribution in [2.24, 2.45) is 5.92 Å². The van der Waals surface area contributed by atoms with Gasteiger partial charge in [-0.05, 0) is 18.9 Å². The molecule has 25 heavy (non-hydrogen) atoms. The second-order valence-electron chi connectivity index (χ2n) is 6.22. The highest BCUT2D eigenvalue weighted by atomic mass is 16.5. The van der Waals surface area contributed by atoms with Crippen molar-refractivity contribution >= 4 is 27.5 Å². The number of fused-ring (bicyclic) bond motifs is 2. The Morgan fingerprint density at radius 2 is 1.64 bits per heavy atom. The van der Waals surface area contributed by atoms with Gasteiger partial charge in [-0.25, -0.2) is 0 Å². The molecule has 130 valence electrons. The normalized spacial score (nSPS) is 15.6. The van der Waals surface area contributed by atoms with E-state index in [0.717, 1.165) is 29.0 Å². The zero-order chi connectivity index (χ0) is 17.4. The molecule has 0 spiro atoms. The van der Waals surface area contributed by atoms with E-state index < -0.39 is 0 Å². The highest BCUT2D eigenvalue weighted by Gasteiger charge is 2.28. The molecule has 1 fully saturated rings. The Kier molecular flexibility index (Phi) is 4.09. The average Bonchev–Trinajstić information content (AvgIpc) is 3.10. The minimum atomic E-state index is -0.0549. The fraction of sp³-hybridized carbons (Fsp3) is 0.350. The van der Waals surface area contributed by atoms with Crippen molar-refractivity contribution in [3.63, 3.8) is 0 Å². The monoisotopic (exact) mass is 340 g/mol. The zero-order valence-corrected chi connectivity index (χ0v) is 14.3. The number of hydrogen-bond donors (Lipinski definition) is 0. The predicted molar refractivity (Wildman–Crippen MR) is 94.7 cm³/mol. The molecule has 5 nitrogen and oxygen atoms in total. The lowest BCUT2D eigenvalue weighted by atomic mass is 9.94. The predicted octanol–water partition coefficient (Wildman–Crippen LogP) is 4.21. The van der Waals surface area contributed by atoms with Gasteiger partial charge in [0.2, 0.25) is 5.78 Å². The summed E-state index contributed by atoms with van der Waals surface area (Å²) in [5.74, 6) is 1.64. The Balaban J connectivity index is 1.92. The molecular weight excluding hydrogens is 320 g/mol. The Morgan fingerprint density at radius 3 is 2.28 bits per heavy atom. The van der Waals surface area contributed by atoms with Crippen LogP contribution in [0, 0.1) is 5.92 Å². The first-order valence-corrected chi connectivity index (χ1v) is 8.42. The van der Waals surface area contributed by atoms with E-state index in [9.17, 15) is 4.79 Å². The summed E-state index contributed by atoms with van der Waals surface area (Å²) < 4.78 is 22.5. The van der Waals surface area contributed by atoms with Gasteiger partial charge in [-0.1, -0.05) is 24.3 Å². The number of carbonyl (C=O) groups excluding carboxylic acids is 1. The molecule has 0 aliphatic carbocycles. The highest BCUT2D eigenvalue weighted by molar-refractivity contribution is 6.11. The van der Waals surface area contributed by atoms with Gasteiger partial charge in [-0.15, -0.1) is 0 Å². The minimum absolute atomic E-state index is 0.0210. The smallest absolute Gasteiger partial charge is 0.201 e. The Hall–Kier alpha value is -2.53. The topological polar surface area (TPSA) is 57.9 Å². The number of hydrogen-bond acceptors (Lipinski definition) is 5. The molecule has 3 aromatic rings. The van der Waals surface area contributed by atoms with E-state index in [4.69, 9.17) is 18.6 Å². The number of benzene rings is 2. The third-order valence-electron chi connectivity index (χ3n) is 4.84. The van der Waals surface area contributed by atoms with Gasteiger partial charge in [-0.2, -0.15) is 0 Å². The first-order valence-electron chi connectivity index (χ1n) is 8.42. The number of furan rings is 1. The molecule has 2 heterocycles. The molecule has 0 amide bonds. The quantitative estimate of drug-likeness (QED) is 0.666. The third kappa shape index (κ3) is 2.55. The maximum atomic E-state index is 12.8. The number of carbonyl (C=O) groups is 1. The van der Waals surface area contributed by atoms with Crippen LogP contribution in [0.15, 0.2) is 34.7 Å². The van der Waals surface area contributed by atoms with Crippen LogP contribution in [0.2, 0.25) is 0 Å². The van der Waals surface area contributed by atoms with Gasteiger partial charge in [0.1, 0.15) is 5.75 Å². The average molecular weight is 340 g/mol. The van der Waals surface area contributed by atoms with Gasteiger partial charge in [0, 0.05) is 29.9 Å². The summed E-state index contributed by atoms with van der Waals surface area (Å²) in [6.07, 6.45) is 1.46. The van der Waals surface area contributed by atoms with Crippen LogP contribution < -0.4 is 9.47 Å². The molecule has 0 atom stereocenters. The van der Waals surface area contributed by atoms with E-state index in [0.29, 0.717) is 36.1 Å². The zero-order valence-electron chi connectivity index (χ0n) is 14.3. The van der Waals surface area contributed by atoms with E-state index in [-0.39, 0.29) is 11.7 Å². The molecule has 0 N–H and O–H groups in total. The highest BCUT2D eigenvalue weighted by Crippen LogP contribution is 2.44. The number of rotatable bonds is 4. The van der Waals surface area contributed by atoms with Crippen LogP contribution in [-0.4, -0.2) is 33.2 Å². The number of ketones is 1. The molecule has 0 radical (unpaired) electrons. The van der Waals surface area contributed by atoms with Crippen LogP contribution in [-0.2, 0) is 4.74 Å². The molecule has 0 unspecified atom stereocenters. The van der Waals surface area contributed by atoms with E-state index in [1.54, 1.807) is 20.3 Å². The van der Waals surface area contributed by atoms with Crippen molar-refractivity contribution in [1.82, 2.24) is 0 Å². The van der Waals surface area contributed by atoms with Crippen LogP contribution in [0.5, 0.6) is 11.5 Å². The summed E-state index contributed by atoms with van der Waals surface area (Å²) in [6.45, 7) is 1.24. The Labute approximate surface area is 145 Å². The van der Waals surface area contributed by atoms with Gasteiger partial charge in [0.25, 0.3) is 0 Å². The Morgan fingerprint density at radius 1 is 1.00 bits per heavy atom. The molecule has 0 bridgehead atoms. The third-order valence-corrected chi connectivity index (χ3v) is 4.84. The lowest BCUT2D eigenvalue weighted by Crippen LogP contribution is -2.23. The van der Waals surface area contributed by atoms with Crippen molar-refractivity contribution in [2.75, 3.05) is 27.4 Å². The molecule has 1 aromatic heterocycles. The first kappa shape index (κ1) is 16.0. The van der Waals surface area contributed by atoms with E-state index in [1.807, 2.05) is 24.3 Å². The molecule has 1 aliphatic heterocycles. The summed E-state index contributed by atoms with van der Waals surface area (Å²) >= 11 is 0. The van der Waals surface area contributed by atoms with Crippen molar-refractivity contribution in [2.45, 2.75) is 12.8 Å². The van der Waals surface area contributed by atoms with Crippen LogP contribution >= 0.6 is 0 Å². The van der Waals surface area contributed by atoms with E-state index in [1.165, 1.54) is 0 Å². The molecule has 4 rings (SSSR count). The maximum Gasteiger partial charge on any atom is 0.201 e. The standard InChI is InChI=1S/C20H20O5/c1-22-18-13-5-3-4-6-14(13)19(23-2)20-15(18)11-16(25-20)17(21)12-7-9-24-10-8-12/h3-6,11-12H,7-10H2,1-2H3. The van der Waals surface area contributed by atoms with Crippen LogP contribution in [0.4, 0.5) is 0 Å². The van der Waals surface area contributed by atoms with Crippen LogP contribution in [0.25, 0.3) is 21.7 Å². The number of ether oxygens (including phenoxy) is 3. The lowest BCUT2D eigenvalue weighted by Gasteiger charge is -2.19. The number of Topliss-reactive ketones (excluding diaryl/α,β-unsaturated/α-hetero) is 1. The van der Waals surface area contributed by atoms with Gasteiger partial charge in [0.15, 0.2) is 17.1 Å². The molecule has 1 aliphatic rings. The van der Waals surface area contributed by atoms with E-state index >= 15 is 0 Å². The second kappa shape index (κ2) is 6.41. The van der Waals surface area contributed by atoms with E-state index in [2.05, 4.69) is 0 Å². The van der Waals surface area contributed by atoms with Gasteiger partial charge in [-0.3, -0.25) is 4.79 Å². The fourth-order valence-corrected chi connectivity index (χ4v) is 3.58. The summed E-state index contributed by atoms with van der Waals surface area (Å²) in [5.41, 5.74) is 0.549. The van der Waals surface area contributed by atoms with Crippen LogP contribution in [0.1, 0.15) is 23.4 Å². The molecule has 2 aromatic carbocycles. The summed E-state index contributed by atoms with van der Waals surface area (Å²) in [5, 5.41) is 2.59. The maximum absolute atomic E-state index is 12.8. The van der Waals surface area contributed by atoms with Gasteiger partial charge >= 0.3 is 0 Å². The summed E-state index contributed by atoms with van der Waals surface area (Å²) in [4.78, 5) is 12.8. The molecule has 0 saturated carbocycles. The first-order chi connectivity index (χ1) is 12.2. The van der Waals surface area contributed by atoms with Crippen molar-refractivity contribution in [3.05, 3.63) is 36.1 Å². The van der Waals surface area contributed by atoms with Crippen molar-refractivity contribution < 1.29 is 23.4 Å². The fourth-order valence-electron chi connectivity index (χ4n) is 3.58. The van der Waals surface area contributed by atoms with Gasteiger partial charge in [0.05, 0.1) is 19.6 Å². The van der Waals surface area contributed by atoms with Crippen LogP contribution in [0.3, 0.4) is 0 Å². The Bertz CT molecular complexity index is 874. The molecule has 5 heteroatoms. The largest absolute Gasteiger partial charge is 0.495 e. The lowest BCUT2D eigenvalue weighted by molar-refractivity contribution is 0.0529.